The van der Waals surface area contributed by atoms with Gasteiger partial charge in [-0.2, -0.15) is 0 Å². The maximum atomic E-state index is 12.6. The molecule has 1 saturated carbocycles. The first-order valence-electron chi connectivity index (χ1n) is 2.65. The molecule has 0 bridgehead atoms. The van der Waals surface area contributed by atoms with E-state index in [9.17, 15) is 4.39 Å². The standard InChI is InChI=1S/C6H9FO/c1-2-5-3-6(5,7)4-8/h2,5,8H,1,3-4H2/t5?,6-/m1/s1. The van der Waals surface area contributed by atoms with Gasteiger partial charge in [-0.25, -0.2) is 4.39 Å². The van der Waals surface area contributed by atoms with Crippen LogP contribution in [0, 0.1) is 5.92 Å². The molecule has 1 unspecified atom stereocenters. The SMILES string of the molecule is C=CC1C[C@@]1(F)CO. The van der Waals surface area contributed by atoms with E-state index in [1.54, 1.807) is 6.08 Å². The number of hydrogen-bond donors (Lipinski definition) is 1. The van der Waals surface area contributed by atoms with Crippen molar-refractivity contribution in [3.8, 4) is 0 Å². The van der Waals surface area contributed by atoms with Crippen molar-refractivity contribution in [3.63, 3.8) is 0 Å². The summed E-state index contributed by atoms with van der Waals surface area (Å²) in [6, 6.07) is 0. The number of alkyl halides is 1. The number of aliphatic hydroxyl groups is 1. The molecule has 1 N–H and O–H groups in total. The summed E-state index contributed by atoms with van der Waals surface area (Å²) in [6.07, 6.45) is 2.00. The zero-order valence-electron chi connectivity index (χ0n) is 4.60. The van der Waals surface area contributed by atoms with Crippen molar-refractivity contribution < 1.29 is 9.50 Å². The molecule has 8 heavy (non-hydrogen) atoms. The Balaban J connectivity index is 2.42. The molecule has 1 aliphatic carbocycles. The first kappa shape index (κ1) is 5.76. The van der Waals surface area contributed by atoms with Gasteiger partial charge in [0.2, 0.25) is 0 Å². The highest BCUT2D eigenvalue weighted by atomic mass is 19.1. The summed E-state index contributed by atoms with van der Waals surface area (Å²) >= 11 is 0. The second-order valence-electron chi connectivity index (χ2n) is 2.24. The number of halogens is 1. The highest BCUT2D eigenvalue weighted by molar-refractivity contribution is 5.11. The minimum Gasteiger partial charge on any atom is -0.393 e. The maximum Gasteiger partial charge on any atom is 0.140 e. The van der Waals surface area contributed by atoms with Crippen LogP contribution in [-0.2, 0) is 0 Å². The predicted molar refractivity (Wildman–Crippen MR) is 29.2 cm³/mol. The molecule has 46 valence electrons. The number of rotatable bonds is 2. The molecule has 0 aliphatic heterocycles. The Hall–Kier alpha value is -0.370. The molecule has 0 amide bonds. The van der Waals surface area contributed by atoms with E-state index in [2.05, 4.69) is 6.58 Å². The quantitative estimate of drug-likeness (QED) is 0.531. The third-order valence-corrected chi connectivity index (χ3v) is 1.61. The normalized spacial score (nSPS) is 44.0. The molecule has 0 saturated heterocycles. The van der Waals surface area contributed by atoms with Gasteiger partial charge in [-0.3, -0.25) is 0 Å². The van der Waals surface area contributed by atoms with Crippen molar-refractivity contribution >= 4 is 0 Å². The summed E-state index contributed by atoms with van der Waals surface area (Å²) in [5.74, 6) is -0.0903. The summed E-state index contributed by atoms with van der Waals surface area (Å²) in [6.45, 7) is 3.06. The van der Waals surface area contributed by atoms with E-state index in [0.29, 0.717) is 6.42 Å². The minimum absolute atomic E-state index is 0.0903. The summed E-state index contributed by atoms with van der Waals surface area (Å²) < 4.78 is 12.6. The summed E-state index contributed by atoms with van der Waals surface area (Å²) in [5, 5.41) is 8.34. The van der Waals surface area contributed by atoms with Crippen LogP contribution < -0.4 is 0 Å². The van der Waals surface area contributed by atoms with Crippen LogP contribution >= 0.6 is 0 Å². The molecular formula is C6H9FO. The lowest BCUT2D eigenvalue weighted by Gasteiger charge is -1.96. The van der Waals surface area contributed by atoms with Gasteiger partial charge in [-0.15, -0.1) is 6.58 Å². The van der Waals surface area contributed by atoms with E-state index >= 15 is 0 Å². The van der Waals surface area contributed by atoms with Crippen LogP contribution in [0.4, 0.5) is 4.39 Å². The maximum absolute atomic E-state index is 12.6. The number of allylic oxidation sites excluding steroid dienone is 1. The zero-order valence-corrected chi connectivity index (χ0v) is 4.60. The molecule has 2 atom stereocenters. The third-order valence-electron chi connectivity index (χ3n) is 1.61. The third kappa shape index (κ3) is 0.650. The summed E-state index contributed by atoms with van der Waals surface area (Å²) in [5.41, 5.74) is -1.30. The lowest BCUT2D eigenvalue weighted by Crippen LogP contribution is -2.08. The van der Waals surface area contributed by atoms with Crippen molar-refractivity contribution in [2.45, 2.75) is 12.1 Å². The van der Waals surface area contributed by atoms with E-state index in [4.69, 9.17) is 5.11 Å². The van der Waals surface area contributed by atoms with Gasteiger partial charge in [0.1, 0.15) is 5.67 Å². The first-order valence-corrected chi connectivity index (χ1v) is 2.65. The van der Waals surface area contributed by atoms with Crippen molar-refractivity contribution in [2.24, 2.45) is 5.92 Å². The van der Waals surface area contributed by atoms with Crippen molar-refractivity contribution in [1.82, 2.24) is 0 Å². The fraction of sp³-hybridized carbons (Fsp3) is 0.667. The highest BCUT2D eigenvalue weighted by Gasteiger charge is 2.52. The molecule has 0 aromatic heterocycles. The fourth-order valence-electron chi connectivity index (χ4n) is 0.783. The molecule has 0 spiro atoms. The van der Waals surface area contributed by atoms with E-state index in [0.717, 1.165) is 0 Å². The van der Waals surface area contributed by atoms with Crippen LogP contribution in [0.3, 0.4) is 0 Å². The van der Waals surface area contributed by atoms with Crippen molar-refractivity contribution in [2.75, 3.05) is 6.61 Å². The number of hydrogen-bond acceptors (Lipinski definition) is 1. The number of aliphatic hydroxyl groups excluding tert-OH is 1. The van der Waals surface area contributed by atoms with Crippen LogP contribution in [-0.4, -0.2) is 17.4 Å². The molecule has 0 aromatic rings. The Labute approximate surface area is 47.8 Å². The van der Waals surface area contributed by atoms with Crippen molar-refractivity contribution in [1.29, 1.82) is 0 Å². The van der Waals surface area contributed by atoms with Crippen LogP contribution in [0.5, 0.6) is 0 Å². The van der Waals surface area contributed by atoms with E-state index in [1.165, 1.54) is 0 Å². The Morgan fingerprint density at radius 2 is 2.62 bits per heavy atom. The van der Waals surface area contributed by atoms with Gasteiger partial charge in [0.15, 0.2) is 0 Å². The molecule has 1 aliphatic rings. The van der Waals surface area contributed by atoms with Crippen LogP contribution in [0.1, 0.15) is 6.42 Å². The van der Waals surface area contributed by atoms with Gasteiger partial charge >= 0.3 is 0 Å². The topological polar surface area (TPSA) is 20.2 Å². The van der Waals surface area contributed by atoms with Gasteiger partial charge in [0, 0.05) is 5.92 Å². The largest absolute Gasteiger partial charge is 0.393 e. The van der Waals surface area contributed by atoms with E-state index in [-0.39, 0.29) is 12.5 Å². The lowest BCUT2D eigenvalue weighted by atomic mass is 10.3. The Morgan fingerprint density at radius 3 is 2.75 bits per heavy atom. The van der Waals surface area contributed by atoms with Crippen molar-refractivity contribution in [3.05, 3.63) is 12.7 Å². The second kappa shape index (κ2) is 1.55. The molecule has 0 heterocycles. The summed E-state index contributed by atoms with van der Waals surface area (Å²) in [4.78, 5) is 0. The zero-order chi connectivity index (χ0) is 6.20. The molecular weight excluding hydrogens is 107 g/mol. The molecule has 0 radical (unpaired) electrons. The monoisotopic (exact) mass is 116 g/mol. The Morgan fingerprint density at radius 1 is 2.00 bits per heavy atom. The van der Waals surface area contributed by atoms with Gasteiger partial charge in [-0.05, 0) is 6.42 Å². The molecule has 0 aromatic carbocycles. The molecule has 1 nitrogen and oxygen atoms in total. The van der Waals surface area contributed by atoms with Crippen LogP contribution in [0.25, 0.3) is 0 Å². The predicted octanol–water partition coefficient (Wildman–Crippen LogP) is 0.893. The Bertz CT molecular complexity index is 113. The average molecular weight is 116 g/mol. The van der Waals surface area contributed by atoms with Gasteiger partial charge in [0.05, 0.1) is 6.61 Å². The Kier molecular flexibility index (Phi) is 1.12. The van der Waals surface area contributed by atoms with Crippen LogP contribution in [0.15, 0.2) is 12.7 Å². The molecule has 1 rings (SSSR count). The molecule has 2 heteroatoms. The first-order chi connectivity index (χ1) is 3.73. The average Bonchev–Trinajstić information content (AvgIpc) is 2.44. The minimum atomic E-state index is -1.30. The smallest absolute Gasteiger partial charge is 0.140 e. The second-order valence-corrected chi connectivity index (χ2v) is 2.24. The van der Waals surface area contributed by atoms with Gasteiger partial charge in [-0.1, -0.05) is 6.08 Å². The van der Waals surface area contributed by atoms with Gasteiger partial charge < -0.3 is 5.11 Å². The highest BCUT2D eigenvalue weighted by Crippen LogP contribution is 2.47. The van der Waals surface area contributed by atoms with E-state index < -0.39 is 5.67 Å². The van der Waals surface area contributed by atoms with Gasteiger partial charge in [0.25, 0.3) is 0 Å². The lowest BCUT2D eigenvalue weighted by molar-refractivity contribution is 0.151. The van der Waals surface area contributed by atoms with Crippen LogP contribution in [0.2, 0.25) is 0 Å². The van der Waals surface area contributed by atoms with E-state index in [1.807, 2.05) is 0 Å². The molecule has 1 fully saturated rings. The fourth-order valence-corrected chi connectivity index (χ4v) is 0.783. The summed E-state index contributed by atoms with van der Waals surface area (Å²) in [7, 11) is 0.